The average Bonchev–Trinajstić information content (AvgIpc) is 2.85. The first-order valence-corrected chi connectivity index (χ1v) is 12.4. The number of aliphatic hydroxyl groups excluding tert-OH is 1. The van der Waals surface area contributed by atoms with Crippen molar-refractivity contribution in [3.63, 3.8) is 0 Å². The van der Waals surface area contributed by atoms with Crippen LogP contribution in [0.2, 0.25) is 10.0 Å². The highest BCUT2D eigenvalue weighted by Crippen LogP contribution is 2.31. The number of benzene rings is 2. The van der Waals surface area contributed by atoms with Crippen LogP contribution in [-0.4, -0.2) is 58.8 Å². The van der Waals surface area contributed by atoms with E-state index in [2.05, 4.69) is 15.1 Å². The predicted octanol–water partition coefficient (Wildman–Crippen LogP) is 5.35. The van der Waals surface area contributed by atoms with Crippen molar-refractivity contribution < 1.29 is 5.11 Å². The average molecular weight is 486 g/mol. The minimum absolute atomic E-state index is 0.299. The predicted molar refractivity (Wildman–Crippen MR) is 136 cm³/mol. The number of nitrogens with one attached hydrogen (secondary N) is 1. The maximum atomic E-state index is 9.57. The highest BCUT2D eigenvalue weighted by Gasteiger charge is 2.29. The molecule has 8 heteroatoms. The summed E-state index contributed by atoms with van der Waals surface area (Å²) in [7, 11) is 0. The molecule has 0 saturated carbocycles. The molecule has 0 bridgehead atoms. The SMILES string of the molecule is OCC1CCCN(C2CCN(c3nc(Nc4ccc(Cl)cc4)c4cc(Cl)ccc4n3)CC2)C1. The highest BCUT2D eigenvalue weighted by molar-refractivity contribution is 6.31. The fourth-order valence-corrected chi connectivity index (χ4v) is 5.30. The van der Waals surface area contributed by atoms with Crippen molar-refractivity contribution in [2.24, 2.45) is 5.92 Å². The van der Waals surface area contributed by atoms with Crippen LogP contribution in [0.25, 0.3) is 10.9 Å². The number of nitrogens with zero attached hydrogens (tertiary/aromatic N) is 4. The Balaban J connectivity index is 1.36. The van der Waals surface area contributed by atoms with Gasteiger partial charge in [0.2, 0.25) is 5.95 Å². The number of piperidine rings is 2. The van der Waals surface area contributed by atoms with Crippen LogP contribution in [0.5, 0.6) is 0 Å². The molecule has 5 rings (SSSR count). The van der Waals surface area contributed by atoms with Gasteiger partial charge in [0, 0.05) is 53.4 Å². The van der Waals surface area contributed by atoms with E-state index in [1.165, 1.54) is 6.42 Å². The second-order valence-corrected chi connectivity index (χ2v) is 9.94. The van der Waals surface area contributed by atoms with Crippen LogP contribution >= 0.6 is 23.2 Å². The fourth-order valence-electron chi connectivity index (χ4n) is 5.00. The molecule has 33 heavy (non-hydrogen) atoms. The Labute approximate surface area is 204 Å². The number of hydrogen-bond donors (Lipinski definition) is 2. The quantitative estimate of drug-likeness (QED) is 0.507. The maximum Gasteiger partial charge on any atom is 0.227 e. The Morgan fingerprint density at radius 1 is 0.939 bits per heavy atom. The van der Waals surface area contributed by atoms with Gasteiger partial charge in [0.1, 0.15) is 5.82 Å². The van der Waals surface area contributed by atoms with Crippen LogP contribution in [0.3, 0.4) is 0 Å². The molecule has 2 N–H and O–H groups in total. The van der Waals surface area contributed by atoms with Gasteiger partial charge < -0.3 is 15.3 Å². The van der Waals surface area contributed by atoms with E-state index >= 15 is 0 Å². The Kier molecular flexibility index (Phi) is 6.88. The van der Waals surface area contributed by atoms with Crippen LogP contribution in [0.1, 0.15) is 25.7 Å². The maximum absolute atomic E-state index is 9.57. The Morgan fingerprint density at radius 2 is 1.70 bits per heavy atom. The van der Waals surface area contributed by atoms with Crippen molar-refractivity contribution in [3.8, 4) is 0 Å². The first-order valence-electron chi connectivity index (χ1n) is 11.7. The largest absolute Gasteiger partial charge is 0.396 e. The summed E-state index contributed by atoms with van der Waals surface area (Å²) in [5.41, 5.74) is 1.78. The molecule has 2 aliphatic heterocycles. The molecule has 0 radical (unpaired) electrons. The normalized spacial score (nSPS) is 20.3. The third-order valence-corrected chi connectivity index (χ3v) is 7.31. The van der Waals surface area contributed by atoms with Gasteiger partial charge in [0.05, 0.1) is 5.52 Å². The first kappa shape index (κ1) is 22.7. The number of aliphatic hydroxyl groups is 1. The first-order chi connectivity index (χ1) is 16.1. The molecule has 2 saturated heterocycles. The van der Waals surface area contributed by atoms with Crippen LogP contribution < -0.4 is 10.2 Å². The Hall–Kier alpha value is -2.12. The number of halogens is 2. The highest BCUT2D eigenvalue weighted by atomic mass is 35.5. The molecule has 0 amide bonds. The van der Waals surface area contributed by atoms with Gasteiger partial charge in [-0.2, -0.15) is 4.98 Å². The Bertz CT molecular complexity index is 1100. The number of fused-ring (bicyclic) bond motifs is 1. The summed E-state index contributed by atoms with van der Waals surface area (Å²) in [4.78, 5) is 14.6. The van der Waals surface area contributed by atoms with Gasteiger partial charge >= 0.3 is 0 Å². The van der Waals surface area contributed by atoms with E-state index < -0.39 is 0 Å². The molecule has 0 aliphatic carbocycles. The summed E-state index contributed by atoms with van der Waals surface area (Å²) in [6.07, 6.45) is 4.49. The van der Waals surface area contributed by atoms with Gasteiger partial charge in [-0.05, 0) is 80.6 Å². The number of rotatable bonds is 5. The van der Waals surface area contributed by atoms with Gasteiger partial charge in [-0.15, -0.1) is 0 Å². The molecule has 1 unspecified atom stereocenters. The van der Waals surface area contributed by atoms with Crippen molar-refractivity contribution >= 4 is 51.6 Å². The van der Waals surface area contributed by atoms with Gasteiger partial charge in [-0.3, -0.25) is 4.90 Å². The van der Waals surface area contributed by atoms with E-state index in [1.807, 2.05) is 42.5 Å². The summed E-state index contributed by atoms with van der Waals surface area (Å²) in [6, 6.07) is 13.9. The van der Waals surface area contributed by atoms with E-state index in [0.29, 0.717) is 28.6 Å². The molecule has 174 valence electrons. The van der Waals surface area contributed by atoms with Crippen molar-refractivity contribution in [2.45, 2.75) is 31.7 Å². The lowest BCUT2D eigenvalue weighted by atomic mass is 9.94. The van der Waals surface area contributed by atoms with Crippen molar-refractivity contribution in [1.29, 1.82) is 0 Å². The van der Waals surface area contributed by atoms with Gasteiger partial charge in [-0.1, -0.05) is 23.2 Å². The molecular formula is C25H29Cl2N5O. The molecule has 2 aliphatic rings. The molecule has 6 nitrogen and oxygen atoms in total. The second-order valence-electron chi connectivity index (χ2n) is 9.07. The number of aromatic nitrogens is 2. The van der Waals surface area contributed by atoms with Gasteiger partial charge in [0.15, 0.2) is 0 Å². The third kappa shape index (κ3) is 5.19. The van der Waals surface area contributed by atoms with Gasteiger partial charge in [0.25, 0.3) is 0 Å². The molecule has 2 fully saturated rings. The molecule has 3 heterocycles. The molecule has 1 aromatic heterocycles. The van der Waals surface area contributed by atoms with Crippen molar-refractivity contribution in [1.82, 2.24) is 14.9 Å². The molecular weight excluding hydrogens is 457 g/mol. The zero-order valence-electron chi connectivity index (χ0n) is 18.6. The lowest BCUT2D eigenvalue weighted by Gasteiger charge is -2.42. The van der Waals surface area contributed by atoms with Crippen LogP contribution in [0, 0.1) is 5.92 Å². The summed E-state index contributed by atoms with van der Waals surface area (Å²) >= 11 is 12.3. The summed E-state index contributed by atoms with van der Waals surface area (Å²) in [6.45, 7) is 4.30. The monoisotopic (exact) mass is 485 g/mol. The van der Waals surface area contributed by atoms with Crippen LogP contribution in [0.15, 0.2) is 42.5 Å². The lowest BCUT2D eigenvalue weighted by Crippen LogP contribution is -2.49. The zero-order chi connectivity index (χ0) is 22.8. The smallest absolute Gasteiger partial charge is 0.227 e. The fraction of sp³-hybridized carbons (Fsp3) is 0.440. The van der Waals surface area contributed by atoms with E-state index in [4.69, 9.17) is 33.2 Å². The van der Waals surface area contributed by atoms with Crippen molar-refractivity contribution in [3.05, 3.63) is 52.5 Å². The summed E-state index contributed by atoms with van der Waals surface area (Å²) < 4.78 is 0. The minimum Gasteiger partial charge on any atom is -0.396 e. The van der Waals surface area contributed by atoms with E-state index in [1.54, 1.807) is 0 Å². The number of likely N-dealkylation sites (tertiary alicyclic amines) is 1. The summed E-state index contributed by atoms with van der Waals surface area (Å²) in [5.74, 6) is 1.91. The minimum atomic E-state index is 0.299. The zero-order valence-corrected chi connectivity index (χ0v) is 20.1. The molecule has 0 spiro atoms. The Morgan fingerprint density at radius 3 is 2.45 bits per heavy atom. The second kappa shape index (κ2) is 10.0. The van der Waals surface area contributed by atoms with E-state index in [-0.39, 0.29) is 0 Å². The number of hydrogen-bond acceptors (Lipinski definition) is 6. The standard InChI is InChI=1S/C25H29Cl2N5O/c26-18-3-6-20(7-4-18)28-24-22-14-19(27)5-8-23(22)29-25(30-24)31-12-9-21(10-13-31)32-11-1-2-17(15-32)16-33/h3-8,14,17,21,33H,1-2,9-13,15-16H2,(H,28,29,30). The third-order valence-electron chi connectivity index (χ3n) is 6.83. The van der Waals surface area contributed by atoms with E-state index in [9.17, 15) is 5.11 Å². The topological polar surface area (TPSA) is 64.5 Å². The van der Waals surface area contributed by atoms with Crippen LogP contribution in [0.4, 0.5) is 17.5 Å². The van der Waals surface area contributed by atoms with Crippen LogP contribution in [-0.2, 0) is 0 Å². The van der Waals surface area contributed by atoms with Crippen molar-refractivity contribution in [2.75, 3.05) is 43.0 Å². The van der Waals surface area contributed by atoms with Gasteiger partial charge in [-0.25, -0.2) is 4.98 Å². The molecule has 3 aromatic rings. The molecule has 2 aromatic carbocycles. The number of anilines is 3. The lowest BCUT2D eigenvalue weighted by molar-refractivity contribution is 0.0776. The molecule has 1 atom stereocenters. The summed E-state index contributed by atoms with van der Waals surface area (Å²) in [5, 5.41) is 15.2. The van der Waals surface area contributed by atoms with E-state index in [0.717, 1.165) is 73.8 Å².